The van der Waals surface area contributed by atoms with Crippen LogP contribution in [0.15, 0.2) is 40.8 Å². The van der Waals surface area contributed by atoms with E-state index in [9.17, 15) is 18.4 Å². The van der Waals surface area contributed by atoms with E-state index in [0.717, 1.165) is 11.0 Å². The molecule has 0 saturated carbocycles. The quantitative estimate of drug-likeness (QED) is 0.660. The summed E-state index contributed by atoms with van der Waals surface area (Å²) in [5.41, 5.74) is 1.08. The van der Waals surface area contributed by atoms with Gasteiger partial charge >= 0.3 is 6.09 Å². The molecule has 2 aromatic carbocycles. The molecule has 2 heterocycles. The number of nitrogens with zero attached hydrogens (tertiary/aromatic N) is 2. The first-order valence-electron chi connectivity index (χ1n) is 8.67. The molecule has 1 N–H and O–H groups in total. The van der Waals surface area contributed by atoms with Crippen molar-refractivity contribution in [3.63, 3.8) is 0 Å². The number of carbonyl (C=O) groups is 2. The van der Waals surface area contributed by atoms with Crippen molar-refractivity contribution < 1.29 is 27.9 Å². The maximum absolute atomic E-state index is 14.7. The van der Waals surface area contributed by atoms with Crippen LogP contribution in [0.4, 0.5) is 19.5 Å². The Morgan fingerprint density at radius 3 is 2.59 bits per heavy atom. The van der Waals surface area contributed by atoms with Crippen LogP contribution in [0, 0.1) is 5.82 Å². The molecule has 0 atom stereocenters. The van der Waals surface area contributed by atoms with E-state index in [4.69, 9.17) is 21.1 Å². The summed E-state index contributed by atoms with van der Waals surface area (Å²) >= 11 is 6.25. The fourth-order valence-electron chi connectivity index (χ4n) is 3.17. The molecule has 0 bridgehead atoms. The summed E-state index contributed by atoms with van der Waals surface area (Å²) in [5, 5.41) is 9.77. The number of halogens is 3. The average molecular weight is 421 g/mol. The van der Waals surface area contributed by atoms with Gasteiger partial charge in [-0.05, 0) is 29.8 Å². The molecule has 9 heteroatoms. The highest BCUT2D eigenvalue weighted by molar-refractivity contribution is 6.35. The van der Waals surface area contributed by atoms with Gasteiger partial charge in [-0.2, -0.15) is 0 Å². The summed E-state index contributed by atoms with van der Waals surface area (Å²) in [6, 6.07) is 8.65. The number of alkyl halides is 1. The smallest absolute Gasteiger partial charge is 0.413 e. The van der Waals surface area contributed by atoms with Gasteiger partial charge in [0.2, 0.25) is 5.88 Å². The standard InChI is InChI=1S/C20H15ClF2N2O4/c1-24(20(27)28)17-7-12-4-11(5-15(21)18(12)29-17)14-3-2-10(6-16(14)23)19(26)25-8-13(22)9-25/h2-7,13H,8-9H2,1H3,(H,27,28). The van der Waals surface area contributed by atoms with Crippen LogP contribution in [0.5, 0.6) is 0 Å². The molecule has 3 aromatic rings. The first kappa shape index (κ1) is 19.2. The lowest BCUT2D eigenvalue weighted by Gasteiger charge is -2.34. The van der Waals surface area contributed by atoms with Crippen LogP contribution in [-0.4, -0.2) is 48.3 Å². The van der Waals surface area contributed by atoms with Crippen molar-refractivity contribution in [1.29, 1.82) is 0 Å². The number of hydrogen-bond acceptors (Lipinski definition) is 3. The highest BCUT2D eigenvalue weighted by Gasteiger charge is 2.31. The first-order chi connectivity index (χ1) is 13.7. The number of hydrogen-bond donors (Lipinski definition) is 1. The van der Waals surface area contributed by atoms with Gasteiger partial charge in [0.05, 0.1) is 18.1 Å². The number of benzene rings is 2. The van der Waals surface area contributed by atoms with Crippen molar-refractivity contribution in [3.05, 3.63) is 52.8 Å². The highest BCUT2D eigenvalue weighted by Crippen LogP contribution is 2.36. The minimum absolute atomic E-state index is 0.0160. The topological polar surface area (TPSA) is 74.0 Å². The second kappa shape index (κ2) is 7.04. The molecule has 2 amide bonds. The summed E-state index contributed by atoms with van der Waals surface area (Å²) in [6.07, 6.45) is -2.23. The number of amides is 2. The molecule has 1 aliphatic rings. The molecule has 4 rings (SSSR count). The molecule has 0 aliphatic carbocycles. The van der Waals surface area contributed by atoms with E-state index in [2.05, 4.69) is 0 Å². The van der Waals surface area contributed by atoms with E-state index in [1.165, 1.54) is 36.2 Å². The van der Waals surface area contributed by atoms with Gasteiger partial charge in [-0.15, -0.1) is 0 Å². The second-order valence-electron chi connectivity index (χ2n) is 6.80. The van der Waals surface area contributed by atoms with E-state index in [0.29, 0.717) is 10.9 Å². The Morgan fingerprint density at radius 1 is 1.24 bits per heavy atom. The third-order valence-electron chi connectivity index (χ3n) is 4.83. The Kier molecular flexibility index (Phi) is 4.66. The van der Waals surface area contributed by atoms with Crippen molar-refractivity contribution >= 4 is 40.5 Å². The molecule has 0 unspecified atom stereocenters. The molecular formula is C20H15ClF2N2O4. The van der Waals surface area contributed by atoms with Crippen LogP contribution >= 0.6 is 11.6 Å². The monoisotopic (exact) mass is 420 g/mol. The fraction of sp³-hybridized carbons (Fsp3) is 0.200. The SMILES string of the molecule is CN(C(=O)O)c1cc2cc(-c3ccc(C(=O)N4CC(F)C4)cc3F)cc(Cl)c2o1. The first-order valence-corrected chi connectivity index (χ1v) is 9.05. The Bertz CT molecular complexity index is 1140. The minimum Gasteiger partial charge on any atom is -0.465 e. The predicted molar refractivity (Wildman–Crippen MR) is 104 cm³/mol. The number of carbonyl (C=O) groups excluding carboxylic acids is 1. The summed E-state index contributed by atoms with van der Waals surface area (Å²) in [4.78, 5) is 25.5. The van der Waals surface area contributed by atoms with Crippen molar-refractivity contribution in [1.82, 2.24) is 4.90 Å². The molecule has 1 aliphatic heterocycles. The highest BCUT2D eigenvalue weighted by atomic mass is 35.5. The number of carboxylic acid groups (broad SMARTS) is 1. The van der Waals surface area contributed by atoms with Crippen molar-refractivity contribution in [2.24, 2.45) is 0 Å². The van der Waals surface area contributed by atoms with Gasteiger partial charge in [0, 0.05) is 29.6 Å². The number of anilines is 1. The zero-order valence-electron chi connectivity index (χ0n) is 15.2. The molecule has 6 nitrogen and oxygen atoms in total. The molecule has 150 valence electrons. The molecule has 1 aromatic heterocycles. The Balaban J connectivity index is 1.69. The van der Waals surface area contributed by atoms with Crippen LogP contribution in [-0.2, 0) is 0 Å². The summed E-state index contributed by atoms with van der Waals surface area (Å²) < 4.78 is 33.2. The van der Waals surface area contributed by atoms with Gasteiger partial charge in [0.25, 0.3) is 5.91 Å². The molecule has 0 radical (unpaired) electrons. The van der Waals surface area contributed by atoms with Gasteiger partial charge in [-0.1, -0.05) is 17.7 Å². The Labute approximate surface area is 168 Å². The summed E-state index contributed by atoms with van der Waals surface area (Å²) in [5.74, 6) is -0.974. The van der Waals surface area contributed by atoms with Crippen LogP contribution < -0.4 is 4.90 Å². The lowest BCUT2D eigenvalue weighted by atomic mass is 10.0. The Morgan fingerprint density at radius 2 is 1.97 bits per heavy atom. The van der Waals surface area contributed by atoms with E-state index in [-0.39, 0.29) is 40.7 Å². The maximum Gasteiger partial charge on any atom is 0.413 e. The van der Waals surface area contributed by atoms with Gasteiger partial charge in [0.15, 0.2) is 5.58 Å². The number of likely N-dealkylation sites (tertiary alicyclic amines) is 1. The number of rotatable bonds is 3. The van der Waals surface area contributed by atoms with Crippen LogP contribution in [0.25, 0.3) is 22.1 Å². The molecule has 29 heavy (non-hydrogen) atoms. The zero-order chi connectivity index (χ0) is 20.9. The van der Waals surface area contributed by atoms with Gasteiger partial charge < -0.3 is 14.4 Å². The van der Waals surface area contributed by atoms with Gasteiger partial charge in [-0.3, -0.25) is 9.69 Å². The van der Waals surface area contributed by atoms with Crippen molar-refractivity contribution in [2.75, 3.05) is 25.0 Å². The van der Waals surface area contributed by atoms with E-state index in [1.54, 1.807) is 6.07 Å². The van der Waals surface area contributed by atoms with Crippen LogP contribution in [0.1, 0.15) is 10.4 Å². The lowest BCUT2D eigenvalue weighted by molar-refractivity contribution is 0.0400. The predicted octanol–water partition coefficient (Wildman–Crippen LogP) is 4.80. The summed E-state index contributed by atoms with van der Waals surface area (Å²) in [6.45, 7) is 0.0319. The minimum atomic E-state index is -1.20. The second-order valence-corrected chi connectivity index (χ2v) is 7.21. The van der Waals surface area contributed by atoms with Crippen LogP contribution in [0.3, 0.4) is 0 Å². The summed E-state index contributed by atoms with van der Waals surface area (Å²) in [7, 11) is 1.33. The third kappa shape index (κ3) is 3.40. The molecule has 0 spiro atoms. The van der Waals surface area contributed by atoms with Crippen LogP contribution in [0.2, 0.25) is 5.02 Å². The number of fused-ring (bicyclic) bond motifs is 1. The maximum atomic E-state index is 14.7. The van der Waals surface area contributed by atoms with E-state index < -0.39 is 24.0 Å². The lowest BCUT2D eigenvalue weighted by Crippen LogP contribution is -2.51. The van der Waals surface area contributed by atoms with Crippen molar-refractivity contribution in [2.45, 2.75) is 6.17 Å². The average Bonchev–Trinajstić information content (AvgIpc) is 3.08. The Hall–Kier alpha value is -3.13. The van der Waals surface area contributed by atoms with Crippen molar-refractivity contribution in [3.8, 4) is 11.1 Å². The van der Waals surface area contributed by atoms with Gasteiger partial charge in [0.1, 0.15) is 12.0 Å². The van der Waals surface area contributed by atoms with E-state index >= 15 is 0 Å². The van der Waals surface area contributed by atoms with E-state index in [1.807, 2.05) is 0 Å². The fourth-order valence-corrected chi connectivity index (χ4v) is 3.43. The molecule has 1 saturated heterocycles. The molecule has 1 fully saturated rings. The van der Waals surface area contributed by atoms with Gasteiger partial charge in [-0.25, -0.2) is 13.6 Å². The normalized spacial score (nSPS) is 14.1. The zero-order valence-corrected chi connectivity index (χ0v) is 15.9. The largest absolute Gasteiger partial charge is 0.465 e. The third-order valence-corrected chi connectivity index (χ3v) is 5.11. The molecular weight excluding hydrogens is 406 g/mol. The number of furan rings is 1.